The quantitative estimate of drug-likeness (QED) is 0.498. The van der Waals surface area contributed by atoms with E-state index in [0.29, 0.717) is 13.0 Å². The first-order chi connectivity index (χ1) is 20.1. The zero-order chi connectivity index (χ0) is 30.3. The highest BCUT2D eigenvalue weighted by molar-refractivity contribution is 5.97. The molecule has 1 saturated heterocycles. The monoisotopic (exact) mass is 580 g/mol. The Labute approximate surface area is 248 Å². The average Bonchev–Trinajstić information content (AvgIpc) is 3.50. The van der Waals surface area contributed by atoms with Crippen molar-refractivity contribution in [1.82, 2.24) is 20.4 Å². The first kappa shape index (κ1) is 31.3. The summed E-state index contributed by atoms with van der Waals surface area (Å²) in [6.45, 7) is 2.21. The standard InChI is InChI=1S/C32H44N4O6/c1-22-12-8-5-4-6-11-15-24-17-32(24,30(40)34-20-28(38)33-19-23-13-9-7-10-14-23)18-27(37)26-16-25(21-36(26)29(22)39)42-31(41)35(2)3/h7,9-11,13-15,22,24-26H,4-6,8,12,16-21H2,1-3H3,(H,33,38)(H,34,40)/b15-11-/t22-,24-,25+,26-,32+/m0/s1. The molecule has 3 aliphatic rings. The first-order valence-electron chi connectivity index (χ1n) is 15.1. The number of allylic oxidation sites excluding steroid dienone is 2. The molecule has 2 N–H and O–H groups in total. The number of hydrogen-bond acceptors (Lipinski definition) is 6. The van der Waals surface area contributed by atoms with E-state index in [4.69, 9.17) is 4.74 Å². The van der Waals surface area contributed by atoms with Gasteiger partial charge in [0.15, 0.2) is 5.78 Å². The molecule has 2 heterocycles. The minimum Gasteiger partial charge on any atom is -0.444 e. The Morgan fingerprint density at radius 3 is 2.57 bits per heavy atom. The van der Waals surface area contributed by atoms with Crippen molar-refractivity contribution < 1.29 is 28.7 Å². The number of Topliss-reactive ketones (excluding diaryl/α,β-unsaturated/α-hetero) is 1. The molecule has 1 aromatic carbocycles. The molecule has 5 atom stereocenters. The average molecular weight is 581 g/mol. The summed E-state index contributed by atoms with van der Waals surface area (Å²) in [5.41, 5.74) is -0.0122. The fraction of sp³-hybridized carbons (Fsp3) is 0.594. The highest BCUT2D eigenvalue weighted by Gasteiger charge is 2.60. The van der Waals surface area contributed by atoms with Crippen LogP contribution < -0.4 is 10.6 Å². The number of benzene rings is 1. The number of ketones is 1. The summed E-state index contributed by atoms with van der Waals surface area (Å²) < 4.78 is 5.58. The molecule has 2 aliphatic heterocycles. The topological polar surface area (TPSA) is 125 Å². The van der Waals surface area contributed by atoms with Crippen LogP contribution >= 0.6 is 0 Å². The largest absolute Gasteiger partial charge is 0.444 e. The third-order valence-corrected chi connectivity index (χ3v) is 8.67. The Kier molecular flexibility index (Phi) is 10.4. The predicted octanol–water partition coefficient (Wildman–Crippen LogP) is 3.21. The lowest BCUT2D eigenvalue weighted by molar-refractivity contribution is -0.142. The summed E-state index contributed by atoms with van der Waals surface area (Å²) in [6.07, 6.45) is 8.14. The van der Waals surface area contributed by atoms with Gasteiger partial charge < -0.3 is 25.2 Å². The van der Waals surface area contributed by atoms with Crippen LogP contribution in [0.4, 0.5) is 4.79 Å². The number of carbonyl (C=O) groups excluding carboxylic acids is 5. The van der Waals surface area contributed by atoms with E-state index in [9.17, 15) is 24.0 Å². The van der Waals surface area contributed by atoms with Crippen LogP contribution in [-0.4, -0.2) is 78.7 Å². The zero-order valence-electron chi connectivity index (χ0n) is 25.0. The van der Waals surface area contributed by atoms with Crippen molar-refractivity contribution in [2.24, 2.45) is 17.3 Å². The first-order valence-corrected chi connectivity index (χ1v) is 15.1. The molecule has 42 heavy (non-hydrogen) atoms. The van der Waals surface area contributed by atoms with Crippen molar-refractivity contribution in [3.8, 4) is 0 Å². The molecule has 1 aromatic rings. The second-order valence-electron chi connectivity index (χ2n) is 12.2. The van der Waals surface area contributed by atoms with Gasteiger partial charge in [-0.15, -0.1) is 0 Å². The number of ether oxygens (including phenoxy) is 1. The molecular weight excluding hydrogens is 536 g/mol. The Hall–Kier alpha value is -3.69. The summed E-state index contributed by atoms with van der Waals surface area (Å²) in [4.78, 5) is 68.5. The second-order valence-corrected chi connectivity index (χ2v) is 12.2. The van der Waals surface area contributed by atoms with Gasteiger partial charge in [0.2, 0.25) is 17.7 Å². The fourth-order valence-corrected chi connectivity index (χ4v) is 5.99. The number of nitrogens with one attached hydrogen (secondary N) is 2. The van der Waals surface area contributed by atoms with Crippen molar-refractivity contribution in [3.05, 3.63) is 48.0 Å². The Morgan fingerprint density at radius 1 is 1.07 bits per heavy atom. The molecule has 2 fully saturated rings. The number of amides is 4. The summed E-state index contributed by atoms with van der Waals surface area (Å²) in [6, 6.07) is 8.73. The Balaban J connectivity index is 1.47. The van der Waals surface area contributed by atoms with Crippen molar-refractivity contribution in [3.63, 3.8) is 0 Å². The number of carbonyl (C=O) groups is 5. The summed E-state index contributed by atoms with van der Waals surface area (Å²) in [7, 11) is 3.17. The van der Waals surface area contributed by atoms with Crippen LogP contribution in [0.15, 0.2) is 42.5 Å². The van der Waals surface area contributed by atoms with Gasteiger partial charge in [0.1, 0.15) is 6.10 Å². The molecule has 0 bridgehead atoms. The van der Waals surface area contributed by atoms with Gasteiger partial charge in [-0.1, -0.05) is 62.2 Å². The highest BCUT2D eigenvalue weighted by Crippen LogP contribution is 2.57. The van der Waals surface area contributed by atoms with Crippen LogP contribution in [0.3, 0.4) is 0 Å². The van der Waals surface area contributed by atoms with E-state index in [1.54, 1.807) is 19.0 Å². The molecule has 0 spiro atoms. The Bertz CT molecular complexity index is 1180. The van der Waals surface area contributed by atoms with E-state index < -0.39 is 23.7 Å². The van der Waals surface area contributed by atoms with Crippen molar-refractivity contribution in [1.29, 1.82) is 0 Å². The molecule has 4 rings (SSSR count). The molecule has 10 heteroatoms. The van der Waals surface area contributed by atoms with E-state index in [2.05, 4.69) is 16.7 Å². The van der Waals surface area contributed by atoms with Crippen LogP contribution in [0.2, 0.25) is 0 Å². The van der Waals surface area contributed by atoms with Crippen LogP contribution in [0, 0.1) is 17.3 Å². The summed E-state index contributed by atoms with van der Waals surface area (Å²) >= 11 is 0. The molecule has 4 amide bonds. The van der Waals surface area contributed by atoms with Crippen LogP contribution in [0.1, 0.15) is 63.9 Å². The molecule has 1 aliphatic carbocycles. The molecule has 10 nitrogen and oxygen atoms in total. The van der Waals surface area contributed by atoms with Crippen molar-refractivity contribution in [2.75, 3.05) is 27.2 Å². The maximum atomic E-state index is 13.9. The molecule has 228 valence electrons. The molecule has 0 radical (unpaired) electrons. The van der Waals surface area contributed by atoms with Crippen LogP contribution in [0.5, 0.6) is 0 Å². The van der Waals surface area contributed by atoms with Gasteiger partial charge in [-0.2, -0.15) is 0 Å². The molecule has 0 unspecified atom stereocenters. The van der Waals surface area contributed by atoms with Crippen LogP contribution in [0.25, 0.3) is 0 Å². The summed E-state index contributed by atoms with van der Waals surface area (Å²) in [5, 5.41) is 5.58. The van der Waals surface area contributed by atoms with E-state index in [-0.39, 0.29) is 61.3 Å². The van der Waals surface area contributed by atoms with E-state index in [0.717, 1.165) is 37.7 Å². The van der Waals surface area contributed by atoms with Gasteiger partial charge in [-0.3, -0.25) is 19.2 Å². The molecular formula is C32H44N4O6. The fourth-order valence-electron chi connectivity index (χ4n) is 5.99. The predicted molar refractivity (Wildman–Crippen MR) is 157 cm³/mol. The third-order valence-electron chi connectivity index (χ3n) is 8.67. The van der Waals surface area contributed by atoms with Gasteiger partial charge in [-0.05, 0) is 37.2 Å². The van der Waals surface area contributed by atoms with Gasteiger partial charge in [0.05, 0.1) is 24.5 Å². The number of fused-ring (bicyclic) bond motifs is 2. The summed E-state index contributed by atoms with van der Waals surface area (Å²) in [5.74, 6) is -1.36. The lowest BCUT2D eigenvalue weighted by atomic mass is 9.90. The van der Waals surface area contributed by atoms with E-state index in [1.165, 1.54) is 4.90 Å². The SMILES string of the molecule is C[C@H]1CCCCC/C=C\[C@H]2C[C@@]2(C(=O)NCC(=O)NCc2ccccc2)CC(=O)[C@@H]2C[C@@H](OC(=O)N(C)C)CN2C1=O. The maximum absolute atomic E-state index is 13.9. The maximum Gasteiger partial charge on any atom is 0.409 e. The third kappa shape index (κ3) is 7.77. The lowest BCUT2D eigenvalue weighted by Crippen LogP contribution is -2.46. The smallest absolute Gasteiger partial charge is 0.409 e. The van der Waals surface area contributed by atoms with Gasteiger partial charge in [0, 0.05) is 39.4 Å². The van der Waals surface area contributed by atoms with Gasteiger partial charge in [0.25, 0.3) is 0 Å². The Morgan fingerprint density at radius 2 is 1.83 bits per heavy atom. The number of nitrogens with zero attached hydrogens (tertiary/aromatic N) is 2. The number of hydrogen-bond donors (Lipinski definition) is 2. The highest BCUT2D eigenvalue weighted by atomic mass is 16.6. The van der Waals surface area contributed by atoms with Gasteiger partial charge >= 0.3 is 6.09 Å². The minimum absolute atomic E-state index is 0.0450. The van der Waals surface area contributed by atoms with E-state index in [1.807, 2.05) is 43.3 Å². The van der Waals surface area contributed by atoms with Crippen molar-refractivity contribution >= 4 is 29.6 Å². The lowest BCUT2D eigenvalue weighted by Gasteiger charge is -2.27. The van der Waals surface area contributed by atoms with Crippen molar-refractivity contribution in [2.45, 2.75) is 77.0 Å². The van der Waals surface area contributed by atoms with Gasteiger partial charge in [-0.25, -0.2) is 4.79 Å². The molecule has 0 aromatic heterocycles. The zero-order valence-corrected chi connectivity index (χ0v) is 25.0. The normalized spacial score (nSPS) is 28.8. The van der Waals surface area contributed by atoms with E-state index >= 15 is 0 Å². The van der Waals surface area contributed by atoms with Crippen LogP contribution in [-0.2, 0) is 30.5 Å². The second kappa shape index (κ2) is 14.0. The molecule has 1 saturated carbocycles. The number of rotatable bonds is 6. The minimum atomic E-state index is -0.966.